The molecule has 108 valence electrons. The molecular formula is C16H13BrClNO2. The van der Waals surface area contributed by atoms with Gasteiger partial charge in [0, 0.05) is 27.4 Å². The first-order chi connectivity index (χ1) is 10.1. The van der Waals surface area contributed by atoms with Gasteiger partial charge in [0.05, 0.1) is 10.7 Å². The number of fused-ring (bicyclic) bond motifs is 1. The van der Waals surface area contributed by atoms with E-state index in [1.54, 1.807) is 6.07 Å². The van der Waals surface area contributed by atoms with E-state index in [1.165, 1.54) is 4.57 Å². The minimum absolute atomic E-state index is 0.125. The average Bonchev–Trinajstić information content (AvgIpc) is 2.78. The monoisotopic (exact) mass is 365 g/mol. The second-order valence-electron chi connectivity index (χ2n) is 5.58. The molecule has 5 rings (SSSR count). The number of allylic oxidation sites excluding steroid dienone is 2. The SMILES string of the molecule is Oc1c2c(c(O)n1-c1ccc(Br)c(Cl)c1)[C@H]1C=C[C@@H]2CC1. The van der Waals surface area contributed by atoms with Gasteiger partial charge in [-0.05, 0) is 47.0 Å². The first-order valence-electron chi connectivity index (χ1n) is 6.88. The topological polar surface area (TPSA) is 45.4 Å². The summed E-state index contributed by atoms with van der Waals surface area (Å²) in [6, 6.07) is 5.35. The summed E-state index contributed by atoms with van der Waals surface area (Å²) in [5.41, 5.74) is 2.39. The molecule has 3 nitrogen and oxygen atoms in total. The van der Waals surface area contributed by atoms with E-state index in [-0.39, 0.29) is 23.6 Å². The molecule has 3 aliphatic carbocycles. The lowest BCUT2D eigenvalue weighted by molar-refractivity contribution is 0.399. The zero-order valence-electron chi connectivity index (χ0n) is 11.1. The quantitative estimate of drug-likeness (QED) is 0.710. The first-order valence-corrected chi connectivity index (χ1v) is 8.05. The van der Waals surface area contributed by atoms with Gasteiger partial charge in [-0.3, -0.25) is 4.57 Å². The third-order valence-electron chi connectivity index (χ3n) is 4.46. The van der Waals surface area contributed by atoms with Crippen LogP contribution in [0.15, 0.2) is 34.8 Å². The molecule has 0 saturated heterocycles. The molecule has 5 heteroatoms. The number of aromatic hydroxyl groups is 2. The van der Waals surface area contributed by atoms with Crippen LogP contribution in [-0.4, -0.2) is 14.8 Å². The van der Waals surface area contributed by atoms with Crippen LogP contribution in [-0.2, 0) is 0 Å². The van der Waals surface area contributed by atoms with Crippen LogP contribution in [0, 0.1) is 0 Å². The summed E-state index contributed by atoms with van der Waals surface area (Å²) in [7, 11) is 0. The number of nitrogens with zero attached hydrogens (tertiary/aromatic N) is 1. The van der Waals surface area contributed by atoms with Crippen molar-refractivity contribution < 1.29 is 10.2 Å². The fraction of sp³-hybridized carbons (Fsp3) is 0.250. The van der Waals surface area contributed by atoms with Crippen LogP contribution in [0.5, 0.6) is 11.8 Å². The van der Waals surface area contributed by atoms with E-state index < -0.39 is 0 Å². The Morgan fingerprint density at radius 2 is 1.62 bits per heavy atom. The summed E-state index contributed by atoms with van der Waals surface area (Å²) in [5.74, 6) is 0.644. The van der Waals surface area contributed by atoms with Gasteiger partial charge in [-0.2, -0.15) is 0 Å². The highest BCUT2D eigenvalue weighted by Gasteiger charge is 2.37. The molecular weight excluding hydrogens is 354 g/mol. The third kappa shape index (κ3) is 1.79. The van der Waals surface area contributed by atoms with Gasteiger partial charge in [-0.15, -0.1) is 0 Å². The predicted octanol–water partition coefficient (Wildman–Crippen LogP) is 4.84. The smallest absolute Gasteiger partial charge is 0.202 e. The van der Waals surface area contributed by atoms with Crippen molar-refractivity contribution in [3.63, 3.8) is 0 Å². The van der Waals surface area contributed by atoms with Crippen molar-refractivity contribution in [2.45, 2.75) is 24.7 Å². The van der Waals surface area contributed by atoms with E-state index in [2.05, 4.69) is 28.1 Å². The number of halogens is 2. The molecule has 3 aliphatic rings. The second kappa shape index (κ2) is 4.55. The van der Waals surface area contributed by atoms with E-state index in [0.29, 0.717) is 10.7 Å². The molecule has 0 spiro atoms. The summed E-state index contributed by atoms with van der Waals surface area (Å²) in [6.07, 6.45) is 6.31. The molecule has 0 radical (unpaired) electrons. The summed E-state index contributed by atoms with van der Waals surface area (Å²) >= 11 is 9.48. The molecule has 21 heavy (non-hydrogen) atoms. The highest BCUT2D eigenvalue weighted by Crippen LogP contribution is 2.54. The third-order valence-corrected chi connectivity index (χ3v) is 5.70. The van der Waals surface area contributed by atoms with Gasteiger partial charge >= 0.3 is 0 Å². The molecule has 2 atom stereocenters. The molecule has 0 saturated carbocycles. The van der Waals surface area contributed by atoms with Crippen LogP contribution < -0.4 is 0 Å². The van der Waals surface area contributed by atoms with E-state index in [0.717, 1.165) is 28.4 Å². The minimum Gasteiger partial charge on any atom is -0.494 e. The largest absolute Gasteiger partial charge is 0.494 e. The van der Waals surface area contributed by atoms with E-state index in [9.17, 15) is 10.2 Å². The molecule has 2 N–H and O–H groups in total. The number of benzene rings is 1. The van der Waals surface area contributed by atoms with Crippen molar-refractivity contribution in [3.05, 3.63) is 51.0 Å². The van der Waals surface area contributed by atoms with Gasteiger partial charge < -0.3 is 10.2 Å². The predicted molar refractivity (Wildman–Crippen MR) is 85.7 cm³/mol. The number of rotatable bonds is 1. The van der Waals surface area contributed by atoms with Crippen molar-refractivity contribution in [2.75, 3.05) is 0 Å². The molecule has 1 aromatic heterocycles. The van der Waals surface area contributed by atoms with Gasteiger partial charge in [-0.1, -0.05) is 23.8 Å². The zero-order valence-corrected chi connectivity index (χ0v) is 13.4. The Labute approximate surface area is 135 Å². The Balaban J connectivity index is 1.96. The van der Waals surface area contributed by atoms with E-state index >= 15 is 0 Å². The highest BCUT2D eigenvalue weighted by molar-refractivity contribution is 9.10. The summed E-state index contributed by atoms with van der Waals surface area (Å²) < 4.78 is 2.27. The van der Waals surface area contributed by atoms with Crippen molar-refractivity contribution in [1.82, 2.24) is 4.57 Å². The Morgan fingerprint density at radius 1 is 1.05 bits per heavy atom. The van der Waals surface area contributed by atoms with Crippen molar-refractivity contribution >= 4 is 27.5 Å². The lowest BCUT2D eigenvalue weighted by Crippen LogP contribution is -2.15. The summed E-state index contributed by atoms with van der Waals surface area (Å²) in [6.45, 7) is 0. The summed E-state index contributed by atoms with van der Waals surface area (Å²) in [5, 5.41) is 21.8. The van der Waals surface area contributed by atoms with Crippen LogP contribution >= 0.6 is 27.5 Å². The normalized spacial score (nSPS) is 22.6. The molecule has 1 heterocycles. The minimum atomic E-state index is 0.125. The molecule has 0 amide bonds. The maximum atomic E-state index is 10.6. The zero-order chi connectivity index (χ0) is 14.7. The van der Waals surface area contributed by atoms with Gasteiger partial charge in [0.2, 0.25) is 11.8 Å². The first kappa shape index (κ1) is 13.3. The Morgan fingerprint density at radius 3 is 2.10 bits per heavy atom. The maximum Gasteiger partial charge on any atom is 0.202 e. The van der Waals surface area contributed by atoms with Crippen LogP contribution in [0.1, 0.15) is 35.8 Å². The molecule has 2 bridgehead atoms. The highest BCUT2D eigenvalue weighted by atomic mass is 79.9. The fourth-order valence-electron chi connectivity index (χ4n) is 3.48. The summed E-state index contributed by atoms with van der Waals surface area (Å²) in [4.78, 5) is 0. The van der Waals surface area contributed by atoms with E-state index in [4.69, 9.17) is 11.6 Å². The molecule has 0 fully saturated rings. The van der Waals surface area contributed by atoms with Crippen molar-refractivity contribution in [2.24, 2.45) is 0 Å². The lowest BCUT2D eigenvalue weighted by atomic mass is 9.73. The number of aromatic nitrogens is 1. The van der Waals surface area contributed by atoms with Crippen molar-refractivity contribution in [3.8, 4) is 17.4 Å². The molecule has 2 aromatic rings. The van der Waals surface area contributed by atoms with Gasteiger partial charge in [0.1, 0.15) is 0 Å². The Hall–Kier alpha value is -1.39. The van der Waals surface area contributed by atoms with Gasteiger partial charge in [0.15, 0.2) is 0 Å². The number of hydrogen-bond acceptors (Lipinski definition) is 2. The second-order valence-corrected chi connectivity index (χ2v) is 6.85. The van der Waals surface area contributed by atoms with Gasteiger partial charge in [-0.25, -0.2) is 0 Å². The molecule has 1 aromatic carbocycles. The van der Waals surface area contributed by atoms with Crippen LogP contribution in [0.25, 0.3) is 5.69 Å². The lowest BCUT2D eigenvalue weighted by Gasteiger charge is -2.30. The maximum absolute atomic E-state index is 10.6. The van der Waals surface area contributed by atoms with Crippen LogP contribution in [0.4, 0.5) is 0 Å². The standard InChI is InChI=1S/C16H13BrClNO2/c17-11-6-5-10(7-12(11)18)19-15(20)13-8-1-2-9(4-3-8)14(13)16(19)21/h1-2,5-9,20-21H,3-4H2/t8-,9+. The Kier molecular flexibility index (Phi) is 2.88. The van der Waals surface area contributed by atoms with Gasteiger partial charge in [0.25, 0.3) is 0 Å². The van der Waals surface area contributed by atoms with Crippen LogP contribution in [0.2, 0.25) is 5.02 Å². The van der Waals surface area contributed by atoms with Crippen LogP contribution in [0.3, 0.4) is 0 Å². The molecule has 0 unspecified atom stereocenters. The average molecular weight is 367 g/mol. The fourth-order valence-corrected chi connectivity index (χ4v) is 3.90. The van der Waals surface area contributed by atoms with Crippen molar-refractivity contribution in [1.29, 1.82) is 0 Å². The Bertz CT molecular complexity index is 744. The van der Waals surface area contributed by atoms with E-state index in [1.807, 2.05) is 12.1 Å². The number of hydrogen-bond donors (Lipinski definition) is 2. The molecule has 0 aliphatic heterocycles.